The number of piperidine rings is 1. The van der Waals surface area contributed by atoms with Crippen molar-refractivity contribution in [1.82, 2.24) is 25.0 Å². The molecule has 3 saturated heterocycles. The van der Waals surface area contributed by atoms with Crippen LogP contribution in [0.25, 0.3) is 0 Å². The lowest BCUT2D eigenvalue weighted by atomic mass is 9.63. The third-order valence-electron chi connectivity index (χ3n) is 14.2. The van der Waals surface area contributed by atoms with Crippen LogP contribution < -0.4 is 25.6 Å². The number of likely N-dealkylation sites (N-methyl/N-ethyl adjacent to an activating group) is 1. The molecule has 19 heteroatoms. The van der Waals surface area contributed by atoms with Crippen LogP contribution in [0.2, 0.25) is 5.02 Å². The Morgan fingerprint density at radius 1 is 1.00 bits per heavy atom. The van der Waals surface area contributed by atoms with Crippen molar-refractivity contribution in [1.29, 1.82) is 0 Å². The van der Waals surface area contributed by atoms with Crippen molar-refractivity contribution in [3.05, 3.63) is 111 Å². The van der Waals surface area contributed by atoms with Crippen LogP contribution in [0.15, 0.2) is 66.9 Å². The van der Waals surface area contributed by atoms with E-state index in [-0.39, 0.29) is 76.8 Å². The Bertz CT molecular complexity index is 2740. The minimum atomic E-state index is -4.71. The van der Waals surface area contributed by atoms with Crippen LogP contribution in [0.3, 0.4) is 0 Å². The molecule has 0 saturated carbocycles. The Morgan fingerprint density at radius 2 is 1.75 bits per heavy atom. The van der Waals surface area contributed by atoms with Gasteiger partial charge in [-0.15, -0.1) is 0 Å². The average Bonchev–Trinajstić information content (AvgIpc) is 3.91. The van der Waals surface area contributed by atoms with Crippen molar-refractivity contribution >= 4 is 58.2 Å². The van der Waals surface area contributed by atoms with Gasteiger partial charge in [-0.05, 0) is 85.0 Å². The molecule has 0 radical (unpaired) electrons. The Morgan fingerprint density at radius 3 is 2.44 bits per heavy atom. The summed E-state index contributed by atoms with van der Waals surface area (Å²) < 4.78 is 64.0. The molecule has 5 atom stereocenters. The zero-order valence-corrected chi connectivity index (χ0v) is 38.9. The Hall–Kier alpha value is -6.27. The number of halogens is 5. The Labute approximate surface area is 395 Å². The number of methoxy groups -OCH3 is 1. The van der Waals surface area contributed by atoms with Crippen molar-refractivity contribution in [2.45, 2.75) is 82.2 Å². The molecule has 9 rings (SSSR count). The van der Waals surface area contributed by atoms with Gasteiger partial charge in [0.15, 0.2) is 0 Å². The number of carbonyl (C=O) groups is 5. The lowest BCUT2D eigenvalue weighted by Gasteiger charge is -2.40. The molecule has 3 N–H and O–H groups in total. The van der Waals surface area contributed by atoms with E-state index in [1.807, 2.05) is 37.8 Å². The zero-order valence-electron chi connectivity index (χ0n) is 38.1. The van der Waals surface area contributed by atoms with E-state index >= 15 is 4.39 Å². The molecule has 1 spiro atoms. The second-order valence-corrected chi connectivity index (χ2v) is 19.9. The first-order valence-electron chi connectivity index (χ1n) is 22.5. The second-order valence-electron chi connectivity index (χ2n) is 19.4. The molecule has 1 aromatic heterocycles. The van der Waals surface area contributed by atoms with E-state index in [9.17, 15) is 37.1 Å². The standard InChI is InChI=1S/C49H51ClF4N8O6/c1-47(2,3)22-38-48(25-56-34-21-37(49(52,53)54)55-23-31(34)48)40(30-7-6-8-32(50)41(30)51)42(59(38)4)44(65)57-33-12-9-26(20-36(33)68-5)45(66)61-17-15-60(16-18-61)28-10-11-29-27(19-28)24-62(46(29)67)35-13-14-39(63)58-43(35)64/h6-12,19-21,23,35,38,40,42,56H,13-18,22,24-25H2,1-5H3,(H,57,65)(H,58,63,64)/t35-,38-,40-,42+,48-/m0/s1. The number of alkyl halides is 3. The molecular weight excluding hydrogens is 908 g/mol. The highest BCUT2D eigenvalue weighted by Gasteiger charge is 2.64. The van der Waals surface area contributed by atoms with Gasteiger partial charge in [0.05, 0.1) is 23.9 Å². The van der Waals surface area contributed by atoms with E-state index in [4.69, 9.17) is 16.3 Å². The van der Waals surface area contributed by atoms with E-state index in [1.54, 1.807) is 48.3 Å². The van der Waals surface area contributed by atoms with E-state index in [2.05, 4.69) is 25.8 Å². The summed E-state index contributed by atoms with van der Waals surface area (Å²) in [5.41, 5.74) is 0.947. The molecule has 5 aliphatic heterocycles. The number of ether oxygens (including phenoxy) is 1. The quantitative estimate of drug-likeness (QED) is 0.127. The number of aromatic nitrogens is 1. The first-order chi connectivity index (χ1) is 32.2. The molecule has 0 bridgehead atoms. The molecule has 5 amide bonds. The van der Waals surface area contributed by atoms with Gasteiger partial charge >= 0.3 is 6.18 Å². The molecule has 4 aromatic rings. The minimum Gasteiger partial charge on any atom is -0.495 e. The van der Waals surface area contributed by atoms with Gasteiger partial charge in [-0.25, -0.2) is 4.39 Å². The van der Waals surface area contributed by atoms with Crippen molar-refractivity contribution in [2.24, 2.45) is 5.41 Å². The summed E-state index contributed by atoms with van der Waals surface area (Å²) in [6, 6.07) is 13.5. The van der Waals surface area contributed by atoms with Gasteiger partial charge in [0, 0.05) is 97.3 Å². The first kappa shape index (κ1) is 46.8. The van der Waals surface area contributed by atoms with Gasteiger partial charge in [0.25, 0.3) is 11.8 Å². The number of piperazine rings is 1. The number of imide groups is 1. The average molecular weight is 959 g/mol. The second kappa shape index (κ2) is 17.4. The third kappa shape index (κ3) is 8.18. The predicted molar refractivity (Wildman–Crippen MR) is 245 cm³/mol. The molecule has 68 heavy (non-hydrogen) atoms. The number of fused-ring (bicyclic) bond motifs is 3. The number of pyridine rings is 1. The lowest BCUT2D eigenvalue weighted by molar-refractivity contribution is -0.141. The van der Waals surface area contributed by atoms with Crippen LogP contribution >= 0.6 is 11.6 Å². The van der Waals surface area contributed by atoms with E-state index in [1.165, 1.54) is 24.3 Å². The molecular formula is C49H51ClF4N8O6. The van der Waals surface area contributed by atoms with Gasteiger partial charge in [-0.2, -0.15) is 13.2 Å². The van der Waals surface area contributed by atoms with Crippen LogP contribution in [0, 0.1) is 11.2 Å². The van der Waals surface area contributed by atoms with Gasteiger partial charge in [0.2, 0.25) is 17.7 Å². The summed E-state index contributed by atoms with van der Waals surface area (Å²) in [5.74, 6) is -3.37. The highest BCUT2D eigenvalue weighted by Crippen LogP contribution is 2.59. The first-order valence-corrected chi connectivity index (χ1v) is 22.9. The molecule has 0 aliphatic carbocycles. The fourth-order valence-corrected chi connectivity index (χ4v) is 11.2. The number of anilines is 3. The third-order valence-corrected chi connectivity index (χ3v) is 14.5. The predicted octanol–water partition coefficient (Wildman–Crippen LogP) is 6.83. The highest BCUT2D eigenvalue weighted by molar-refractivity contribution is 6.30. The maximum atomic E-state index is 16.4. The minimum absolute atomic E-state index is 0.0880. The summed E-state index contributed by atoms with van der Waals surface area (Å²) in [6.45, 7) is 8.19. The van der Waals surface area contributed by atoms with E-state index in [0.717, 1.165) is 17.3 Å². The zero-order chi connectivity index (χ0) is 48.6. The smallest absolute Gasteiger partial charge is 0.433 e. The molecule has 6 heterocycles. The number of hydrogen-bond acceptors (Lipinski definition) is 10. The maximum Gasteiger partial charge on any atom is 0.433 e. The number of nitrogens with zero attached hydrogens (tertiary/aromatic N) is 5. The van der Waals surface area contributed by atoms with E-state index in [0.29, 0.717) is 49.3 Å². The summed E-state index contributed by atoms with van der Waals surface area (Å²) in [5, 5.41) is 8.32. The van der Waals surface area contributed by atoms with Crippen LogP contribution in [0.1, 0.15) is 89.1 Å². The summed E-state index contributed by atoms with van der Waals surface area (Å²) in [7, 11) is 3.18. The Balaban J connectivity index is 0.941. The number of benzene rings is 3. The van der Waals surface area contributed by atoms with Crippen molar-refractivity contribution in [3.63, 3.8) is 0 Å². The molecule has 358 valence electrons. The number of amides is 5. The molecule has 14 nitrogen and oxygen atoms in total. The molecule has 3 fully saturated rings. The summed E-state index contributed by atoms with van der Waals surface area (Å²) in [4.78, 5) is 77.5. The molecule has 5 aliphatic rings. The number of nitrogens with one attached hydrogen (secondary N) is 3. The normalized spacial score (nSPS) is 24.0. The van der Waals surface area contributed by atoms with Gasteiger partial charge in [-0.1, -0.05) is 44.5 Å². The number of carbonyl (C=O) groups excluding carboxylic acids is 5. The van der Waals surface area contributed by atoms with Crippen LogP contribution in [0.4, 0.5) is 34.6 Å². The molecule has 3 aromatic carbocycles. The van der Waals surface area contributed by atoms with Crippen LogP contribution in [-0.4, -0.2) is 114 Å². The fraction of sp³-hybridized carbons (Fsp3) is 0.429. The summed E-state index contributed by atoms with van der Waals surface area (Å²) >= 11 is 6.40. The molecule has 0 unspecified atom stereocenters. The monoisotopic (exact) mass is 958 g/mol. The maximum absolute atomic E-state index is 16.4. The SMILES string of the molecule is COc1cc(C(=O)N2CCN(c3ccc4c(c3)CN([C@H]3CCC(=O)NC3=O)C4=O)CC2)ccc1NC(=O)[C@H]1[C@H](c2cccc(Cl)c2F)[C@]2(CNc3cc(C(F)(F)F)ncc32)[C@H](CC(C)(C)C)N1C. The topological polar surface area (TPSA) is 157 Å². The van der Waals surface area contributed by atoms with Crippen LogP contribution in [0.5, 0.6) is 5.75 Å². The fourth-order valence-electron chi connectivity index (χ4n) is 11.0. The van der Waals surface area contributed by atoms with Gasteiger partial charge in [0.1, 0.15) is 23.3 Å². The largest absolute Gasteiger partial charge is 0.495 e. The van der Waals surface area contributed by atoms with Crippen molar-refractivity contribution in [2.75, 3.05) is 62.4 Å². The Kier molecular flexibility index (Phi) is 12.0. The van der Waals surface area contributed by atoms with Crippen LogP contribution in [-0.2, 0) is 32.5 Å². The van der Waals surface area contributed by atoms with Crippen molar-refractivity contribution < 1.29 is 46.3 Å². The summed E-state index contributed by atoms with van der Waals surface area (Å²) in [6.07, 6.45) is -2.59. The van der Waals surface area contributed by atoms with Crippen molar-refractivity contribution in [3.8, 4) is 5.75 Å². The lowest BCUT2D eigenvalue weighted by Crippen LogP contribution is -2.52. The number of hydrogen-bond donors (Lipinski definition) is 3. The number of rotatable bonds is 8. The highest BCUT2D eigenvalue weighted by atomic mass is 35.5. The van der Waals surface area contributed by atoms with E-state index < -0.39 is 59.0 Å². The number of likely N-dealkylation sites (tertiary alicyclic amines) is 1. The van der Waals surface area contributed by atoms with Gasteiger partial charge in [-0.3, -0.25) is 39.2 Å². The van der Waals surface area contributed by atoms with Gasteiger partial charge < -0.3 is 30.1 Å².